The molecule has 1 N–H and O–H groups in total. The summed E-state index contributed by atoms with van der Waals surface area (Å²) in [4.78, 5) is 12.3. The van der Waals surface area contributed by atoms with Crippen molar-refractivity contribution in [2.75, 3.05) is 18.5 Å². The van der Waals surface area contributed by atoms with Gasteiger partial charge in [-0.15, -0.1) is 0 Å². The number of carbonyl (C=O) groups excluding carboxylic acids is 1. The molecule has 0 bridgehead atoms. The number of nitrogens with one attached hydrogen (secondary N) is 1. The second-order valence-corrected chi connectivity index (χ2v) is 7.38. The van der Waals surface area contributed by atoms with E-state index in [1.807, 2.05) is 13.1 Å². The number of ether oxygens (including phenoxy) is 1. The van der Waals surface area contributed by atoms with Crippen LogP contribution in [0.25, 0.3) is 0 Å². The fraction of sp³-hybridized carbons (Fsp3) is 0.778. The van der Waals surface area contributed by atoms with Crippen molar-refractivity contribution in [2.45, 2.75) is 57.8 Å². The van der Waals surface area contributed by atoms with Crippen molar-refractivity contribution in [1.29, 1.82) is 0 Å². The number of amides is 1. The molecular weight excluding hydrogens is 290 g/mol. The standard InChI is InChI=1S/C18H29N3O2/c1-13-5-3-6-14(9-13)10-18(22)19-17-11-16(20-21(17)2)15-7-4-8-23-12-15/h11,13-15H,3-10,12H2,1-2H3,(H,19,22). The van der Waals surface area contributed by atoms with E-state index < -0.39 is 0 Å². The van der Waals surface area contributed by atoms with Gasteiger partial charge in [0.1, 0.15) is 5.82 Å². The lowest BCUT2D eigenvalue weighted by Gasteiger charge is -2.26. The van der Waals surface area contributed by atoms with Gasteiger partial charge in [0.2, 0.25) is 5.91 Å². The average Bonchev–Trinajstić information content (AvgIpc) is 2.89. The number of anilines is 1. The van der Waals surface area contributed by atoms with Crippen LogP contribution in [0.5, 0.6) is 0 Å². The Morgan fingerprint density at radius 3 is 3.00 bits per heavy atom. The summed E-state index contributed by atoms with van der Waals surface area (Å²) in [6.07, 6.45) is 7.78. The van der Waals surface area contributed by atoms with E-state index in [2.05, 4.69) is 17.3 Å². The number of rotatable bonds is 4. The Bertz CT molecular complexity index is 534. The quantitative estimate of drug-likeness (QED) is 0.924. The Morgan fingerprint density at radius 1 is 1.39 bits per heavy atom. The average molecular weight is 319 g/mol. The van der Waals surface area contributed by atoms with Crippen molar-refractivity contribution >= 4 is 11.7 Å². The van der Waals surface area contributed by atoms with E-state index in [0.29, 0.717) is 18.3 Å². The van der Waals surface area contributed by atoms with Gasteiger partial charge in [-0.1, -0.05) is 19.8 Å². The summed E-state index contributed by atoms with van der Waals surface area (Å²) in [6, 6.07) is 2.01. The van der Waals surface area contributed by atoms with Crippen molar-refractivity contribution < 1.29 is 9.53 Å². The van der Waals surface area contributed by atoms with Crippen molar-refractivity contribution in [2.24, 2.45) is 18.9 Å². The SMILES string of the molecule is CC1CCCC(CC(=O)Nc2cc(C3CCCOC3)nn2C)C1. The summed E-state index contributed by atoms with van der Waals surface area (Å²) in [5.74, 6) is 2.59. The van der Waals surface area contributed by atoms with Gasteiger partial charge in [-0.25, -0.2) is 0 Å². The maximum Gasteiger partial charge on any atom is 0.225 e. The minimum absolute atomic E-state index is 0.124. The summed E-state index contributed by atoms with van der Waals surface area (Å²) in [7, 11) is 1.89. The van der Waals surface area contributed by atoms with Gasteiger partial charge in [-0.3, -0.25) is 9.48 Å². The highest BCUT2D eigenvalue weighted by Gasteiger charge is 2.23. The predicted octanol–water partition coefficient (Wildman–Crippen LogP) is 3.47. The second kappa shape index (κ2) is 7.47. The van der Waals surface area contributed by atoms with Gasteiger partial charge in [0.15, 0.2) is 0 Å². The molecule has 2 aliphatic rings. The first-order chi connectivity index (χ1) is 11.1. The van der Waals surface area contributed by atoms with E-state index in [1.54, 1.807) is 4.68 Å². The van der Waals surface area contributed by atoms with Crippen LogP contribution in [-0.4, -0.2) is 28.9 Å². The molecule has 1 saturated heterocycles. The van der Waals surface area contributed by atoms with E-state index in [9.17, 15) is 4.79 Å². The zero-order chi connectivity index (χ0) is 16.2. The number of aryl methyl sites for hydroxylation is 1. The molecule has 1 aliphatic heterocycles. The first kappa shape index (κ1) is 16.5. The van der Waals surface area contributed by atoms with Gasteiger partial charge in [0.25, 0.3) is 0 Å². The van der Waals surface area contributed by atoms with E-state index in [1.165, 1.54) is 25.7 Å². The predicted molar refractivity (Wildman–Crippen MR) is 90.4 cm³/mol. The molecule has 3 atom stereocenters. The highest BCUT2D eigenvalue weighted by atomic mass is 16.5. The fourth-order valence-electron chi connectivity index (χ4n) is 3.98. The Balaban J connectivity index is 1.56. The summed E-state index contributed by atoms with van der Waals surface area (Å²) in [5.41, 5.74) is 1.04. The highest BCUT2D eigenvalue weighted by Crippen LogP contribution is 2.31. The maximum absolute atomic E-state index is 12.3. The second-order valence-electron chi connectivity index (χ2n) is 7.38. The number of carbonyl (C=O) groups is 1. The van der Waals surface area contributed by atoms with Crippen LogP contribution in [0.4, 0.5) is 5.82 Å². The Hall–Kier alpha value is -1.36. The minimum atomic E-state index is 0.124. The van der Waals surface area contributed by atoms with Crippen molar-refractivity contribution in [3.8, 4) is 0 Å². The summed E-state index contributed by atoms with van der Waals surface area (Å²) in [6.45, 7) is 3.89. The number of hydrogen-bond donors (Lipinski definition) is 1. The number of hydrogen-bond acceptors (Lipinski definition) is 3. The largest absolute Gasteiger partial charge is 0.381 e. The molecule has 1 amide bonds. The Morgan fingerprint density at radius 2 is 2.26 bits per heavy atom. The molecule has 0 spiro atoms. The maximum atomic E-state index is 12.3. The molecular formula is C18H29N3O2. The van der Waals surface area contributed by atoms with Crippen LogP contribution in [0, 0.1) is 11.8 Å². The smallest absolute Gasteiger partial charge is 0.225 e. The van der Waals surface area contributed by atoms with Crippen LogP contribution in [0.3, 0.4) is 0 Å². The molecule has 3 rings (SSSR count). The molecule has 1 aliphatic carbocycles. The van der Waals surface area contributed by atoms with Gasteiger partial charge in [0, 0.05) is 32.1 Å². The lowest BCUT2D eigenvalue weighted by molar-refractivity contribution is -0.117. The van der Waals surface area contributed by atoms with Gasteiger partial charge < -0.3 is 10.1 Å². The molecule has 0 radical (unpaired) electrons. The molecule has 2 fully saturated rings. The Labute approximate surface area is 138 Å². The molecule has 1 aromatic rings. The first-order valence-electron chi connectivity index (χ1n) is 9.03. The van der Waals surface area contributed by atoms with E-state index >= 15 is 0 Å². The number of nitrogens with zero attached hydrogens (tertiary/aromatic N) is 2. The fourth-order valence-corrected chi connectivity index (χ4v) is 3.98. The third-order valence-corrected chi connectivity index (χ3v) is 5.26. The minimum Gasteiger partial charge on any atom is -0.381 e. The molecule has 3 unspecified atom stereocenters. The molecule has 5 nitrogen and oxygen atoms in total. The summed E-state index contributed by atoms with van der Waals surface area (Å²) < 4.78 is 7.32. The van der Waals surface area contributed by atoms with Gasteiger partial charge in [0.05, 0.1) is 12.3 Å². The summed E-state index contributed by atoms with van der Waals surface area (Å²) >= 11 is 0. The molecule has 2 heterocycles. The van der Waals surface area contributed by atoms with Gasteiger partial charge >= 0.3 is 0 Å². The Kier molecular flexibility index (Phi) is 5.36. The molecule has 1 aromatic heterocycles. The van der Waals surface area contributed by atoms with Gasteiger partial charge in [-0.05, 0) is 37.5 Å². The zero-order valence-corrected chi connectivity index (χ0v) is 14.4. The third kappa shape index (κ3) is 4.34. The lowest BCUT2D eigenvalue weighted by atomic mass is 9.81. The van der Waals surface area contributed by atoms with Gasteiger partial charge in [-0.2, -0.15) is 5.10 Å². The van der Waals surface area contributed by atoms with Crippen molar-refractivity contribution in [1.82, 2.24) is 9.78 Å². The molecule has 23 heavy (non-hydrogen) atoms. The molecule has 128 valence electrons. The topological polar surface area (TPSA) is 56.1 Å². The van der Waals surface area contributed by atoms with E-state index in [4.69, 9.17) is 4.74 Å². The molecule has 1 saturated carbocycles. The lowest BCUT2D eigenvalue weighted by Crippen LogP contribution is -2.21. The van der Waals surface area contributed by atoms with Crippen molar-refractivity contribution in [3.63, 3.8) is 0 Å². The van der Waals surface area contributed by atoms with Crippen LogP contribution < -0.4 is 5.32 Å². The normalized spacial score (nSPS) is 28.5. The number of aromatic nitrogens is 2. The van der Waals surface area contributed by atoms with Crippen LogP contribution >= 0.6 is 0 Å². The third-order valence-electron chi connectivity index (χ3n) is 5.26. The van der Waals surface area contributed by atoms with E-state index in [0.717, 1.165) is 43.5 Å². The van der Waals surface area contributed by atoms with Crippen LogP contribution in [0.15, 0.2) is 6.07 Å². The molecule has 5 heteroatoms. The summed E-state index contributed by atoms with van der Waals surface area (Å²) in [5, 5.41) is 7.62. The first-order valence-corrected chi connectivity index (χ1v) is 9.03. The molecule has 0 aromatic carbocycles. The van der Waals surface area contributed by atoms with Crippen LogP contribution in [0.1, 0.15) is 63.5 Å². The highest BCUT2D eigenvalue weighted by molar-refractivity contribution is 5.90. The van der Waals surface area contributed by atoms with Crippen molar-refractivity contribution in [3.05, 3.63) is 11.8 Å². The monoisotopic (exact) mass is 319 g/mol. The zero-order valence-electron chi connectivity index (χ0n) is 14.4. The van der Waals surface area contributed by atoms with E-state index in [-0.39, 0.29) is 5.91 Å². The van der Waals surface area contributed by atoms with Crippen LogP contribution in [-0.2, 0) is 16.6 Å². The van der Waals surface area contributed by atoms with Crippen LogP contribution in [0.2, 0.25) is 0 Å².